The van der Waals surface area contributed by atoms with Crippen molar-refractivity contribution < 1.29 is 9.53 Å². The van der Waals surface area contributed by atoms with Gasteiger partial charge in [0, 0.05) is 19.4 Å². The highest BCUT2D eigenvalue weighted by Gasteiger charge is 2.21. The van der Waals surface area contributed by atoms with Crippen LogP contribution in [0.5, 0.6) is 0 Å². The summed E-state index contributed by atoms with van der Waals surface area (Å²) >= 11 is 0. The number of aromatic nitrogens is 2. The van der Waals surface area contributed by atoms with Crippen LogP contribution in [0.4, 0.5) is 0 Å². The van der Waals surface area contributed by atoms with Crippen LogP contribution in [0.1, 0.15) is 31.1 Å². The van der Waals surface area contributed by atoms with E-state index in [-0.39, 0.29) is 11.0 Å². The average Bonchev–Trinajstić information content (AvgIpc) is 2.31. The van der Waals surface area contributed by atoms with Gasteiger partial charge in [0.15, 0.2) is 0 Å². The van der Waals surface area contributed by atoms with E-state index in [2.05, 4.69) is 4.98 Å². The maximum absolute atomic E-state index is 12.3. The number of carbonyl (C=O) groups is 1. The number of hydrogen-bond acceptors (Lipinski definition) is 4. The predicted molar refractivity (Wildman–Crippen MR) is 72.2 cm³/mol. The molecule has 0 fully saturated rings. The summed E-state index contributed by atoms with van der Waals surface area (Å²) in [5.74, 6) is -0.612. The second-order valence-corrected chi connectivity index (χ2v) is 5.36. The van der Waals surface area contributed by atoms with Crippen molar-refractivity contribution in [1.82, 2.24) is 9.55 Å². The molecule has 5 heteroatoms. The molecule has 0 aromatic carbocycles. The van der Waals surface area contributed by atoms with Gasteiger partial charge in [-0.3, -0.25) is 4.79 Å². The number of rotatable bonds is 1. The van der Waals surface area contributed by atoms with Crippen molar-refractivity contribution in [3.05, 3.63) is 40.3 Å². The molecule has 0 aliphatic rings. The largest absolute Gasteiger partial charge is 0.456 e. The first-order valence-electron chi connectivity index (χ1n) is 5.97. The molecule has 0 radical (unpaired) electrons. The number of esters is 1. The molecular formula is C14H16N2O3. The number of fused-ring (bicyclic) bond motifs is 1. The summed E-state index contributed by atoms with van der Waals surface area (Å²) in [5, 5.41) is 0.411. The van der Waals surface area contributed by atoms with E-state index in [0.29, 0.717) is 11.0 Å². The van der Waals surface area contributed by atoms with Crippen molar-refractivity contribution in [1.29, 1.82) is 0 Å². The lowest BCUT2D eigenvalue weighted by Crippen LogP contribution is -2.28. The minimum Gasteiger partial charge on any atom is -0.456 e. The predicted octanol–water partition coefficient (Wildman–Crippen LogP) is 1.89. The zero-order chi connectivity index (χ0) is 14.2. The number of nitrogens with zero attached hydrogens (tertiary/aromatic N) is 2. The molecule has 100 valence electrons. The van der Waals surface area contributed by atoms with E-state index in [1.165, 1.54) is 6.20 Å². The van der Waals surface area contributed by atoms with Gasteiger partial charge in [-0.1, -0.05) is 0 Å². The lowest BCUT2D eigenvalue weighted by molar-refractivity contribution is 0.00675. The number of aryl methyl sites for hydroxylation is 1. The first-order chi connectivity index (χ1) is 8.79. The lowest BCUT2D eigenvalue weighted by Gasteiger charge is -2.19. The van der Waals surface area contributed by atoms with Gasteiger partial charge in [-0.2, -0.15) is 0 Å². The van der Waals surface area contributed by atoms with Gasteiger partial charge in [0.05, 0.1) is 5.39 Å². The van der Waals surface area contributed by atoms with Crippen molar-refractivity contribution >= 4 is 17.0 Å². The molecule has 0 unspecified atom stereocenters. The van der Waals surface area contributed by atoms with Crippen LogP contribution in [0.15, 0.2) is 29.3 Å². The molecule has 0 aliphatic heterocycles. The second kappa shape index (κ2) is 4.50. The van der Waals surface area contributed by atoms with Crippen LogP contribution in [0.25, 0.3) is 11.0 Å². The Hall–Kier alpha value is -2.17. The van der Waals surface area contributed by atoms with E-state index >= 15 is 0 Å². The monoisotopic (exact) mass is 260 g/mol. The molecule has 19 heavy (non-hydrogen) atoms. The summed E-state index contributed by atoms with van der Waals surface area (Å²) < 4.78 is 6.88. The Morgan fingerprint density at radius 1 is 1.37 bits per heavy atom. The van der Waals surface area contributed by atoms with Gasteiger partial charge in [-0.15, -0.1) is 0 Å². The molecule has 5 nitrogen and oxygen atoms in total. The molecular weight excluding hydrogens is 244 g/mol. The Morgan fingerprint density at radius 3 is 2.68 bits per heavy atom. The fraction of sp³-hybridized carbons (Fsp3) is 0.357. The maximum atomic E-state index is 12.3. The van der Waals surface area contributed by atoms with Crippen LogP contribution >= 0.6 is 0 Å². The third kappa shape index (κ3) is 2.65. The SMILES string of the molecule is Cn1cc(C(=O)OC(C)(C)C)c(=O)c2cccnc21. The zero-order valence-electron chi connectivity index (χ0n) is 11.4. The van der Waals surface area contributed by atoms with Crippen LogP contribution in [0.3, 0.4) is 0 Å². The number of carbonyl (C=O) groups excluding carboxylic acids is 1. The third-order valence-corrected chi connectivity index (χ3v) is 2.55. The molecule has 0 saturated carbocycles. The van der Waals surface area contributed by atoms with Gasteiger partial charge < -0.3 is 9.30 Å². The summed E-state index contributed by atoms with van der Waals surface area (Å²) in [6, 6.07) is 3.32. The fourth-order valence-electron chi connectivity index (χ4n) is 1.79. The normalized spacial score (nSPS) is 11.6. The number of pyridine rings is 2. The van der Waals surface area contributed by atoms with Crippen LogP contribution < -0.4 is 5.43 Å². The molecule has 0 amide bonds. The smallest absolute Gasteiger partial charge is 0.344 e. The van der Waals surface area contributed by atoms with Crippen LogP contribution in [0, 0.1) is 0 Å². The Labute approximate surface area is 110 Å². The highest BCUT2D eigenvalue weighted by Crippen LogP contribution is 2.12. The minimum atomic E-state index is -0.633. The van der Waals surface area contributed by atoms with E-state index in [9.17, 15) is 9.59 Å². The molecule has 0 spiro atoms. The summed E-state index contributed by atoms with van der Waals surface area (Å²) in [6.45, 7) is 5.29. The average molecular weight is 260 g/mol. The summed E-state index contributed by atoms with van der Waals surface area (Å²) in [6.07, 6.45) is 3.07. The Kier molecular flexibility index (Phi) is 3.14. The van der Waals surface area contributed by atoms with E-state index in [1.54, 1.807) is 50.7 Å². The van der Waals surface area contributed by atoms with E-state index < -0.39 is 11.6 Å². The molecule has 0 bridgehead atoms. The van der Waals surface area contributed by atoms with Crippen molar-refractivity contribution in [3.63, 3.8) is 0 Å². The van der Waals surface area contributed by atoms with Crippen molar-refractivity contribution in [2.45, 2.75) is 26.4 Å². The highest BCUT2D eigenvalue weighted by molar-refractivity contribution is 5.93. The Morgan fingerprint density at radius 2 is 2.05 bits per heavy atom. The summed E-state index contributed by atoms with van der Waals surface area (Å²) in [4.78, 5) is 28.4. The van der Waals surface area contributed by atoms with Gasteiger partial charge in [-0.25, -0.2) is 9.78 Å². The minimum absolute atomic E-state index is 0.0259. The molecule has 2 rings (SSSR count). The third-order valence-electron chi connectivity index (χ3n) is 2.55. The lowest BCUT2D eigenvalue weighted by atomic mass is 10.1. The first kappa shape index (κ1) is 13.3. The zero-order valence-corrected chi connectivity index (χ0v) is 11.4. The van der Waals surface area contributed by atoms with Gasteiger partial charge >= 0.3 is 5.97 Å². The maximum Gasteiger partial charge on any atom is 0.344 e. The van der Waals surface area contributed by atoms with E-state index in [0.717, 1.165) is 0 Å². The van der Waals surface area contributed by atoms with E-state index in [4.69, 9.17) is 4.74 Å². The van der Waals surface area contributed by atoms with Crippen molar-refractivity contribution in [3.8, 4) is 0 Å². The highest BCUT2D eigenvalue weighted by atomic mass is 16.6. The van der Waals surface area contributed by atoms with Gasteiger partial charge in [-0.05, 0) is 32.9 Å². The second-order valence-electron chi connectivity index (χ2n) is 5.36. The Bertz CT molecular complexity index is 696. The number of ether oxygens (including phenoxy) is 1. The standard InChI is InChI=1S/C14H16N2O3/c1-14(2,3)19-13(18)10-8-16(4)12-9(11(10)17)6-5-7-15-12/h5-8H,1-4H3. The van der Waals surface area contributed by atoms with Crippen LogP contribution in [0.2, 0.25) is 0 Å². The molecule has 2 aromatic heterocycles. The van der Waals surface area contributed by atoms with Crippen molar-refractivity contribution in [2.24, 2.45) is 7.05 Å². The Balaban J connectivity index is 2.60. The molecule has 0 atom stereocenters. The summed E-state index contributed by atoms with van der Waals surface area (Å²) in [7, 11) is 1.74. The van der Waals surface area contributed by atoms with Gasteiger partial charge in [0.1, 0.15) is 16.8 Å². The summed E-state index contributed by atoms with van der Waals surface area (Å²) in [5.41, 5.74) is -0.417. The molecule has 2 heterocycles. The molecule has 0 N–H and O–H groups in total. The van der Waals surface area contributed by atoms with Gasteiger partial charge in [0.25, 0.3) is 0 Å². The number of hydrogen-bond donors (Lipinski definition) is 0. The quantitative estimate of drug-likeness (QED) is 0.735. The van der Waals surface area contributed by atoms with E-state index in [1.807, 2.05) is 0 Å². The molecule has 0 saturated heterocycles. The topological polar surface area (TPSA) is 61.2 Å². The molecule has 0 aliphatic carbocycles. The van der Waals surface area contributed by atoms with Gasteiger partial charge in [0.2, 0.25) is 5.43 Å². The van der Waals surface area contributed by atoms with Crippen molar-refractivity contribution in [2.75, 3.05) is 0 Å². The molecule has 2 aromatic rings. The first-order valence-corrected chi connectivity index (χ1v) is 5.97. The fourth-order valence-corrected chi connectivity index (χ4v) is 1.79. The van der Waals surface area contributed by atoms with Crippen LogP contribution in [-0.2, 0) is 11.8 Å². The van der Waals surface area contributed by atoms with Crippen LogP contribution in [-0.4, -0.2) is 21.1 Å².